The van der Waals surface area contributed by atoms with E-state index in [1.54, 1.807) is 54.7 Å². The molecule has 29 heavy (non-hydrogen) atoms. The summed E-state index contributed by atoms with van der Waals surface area (Å²) < 4.78 is 5.99. The van der Waals surface area contributed by atoms with E-state index >= 15 is 0 Å². The van der Waals surface area contributed by atoms with Crippen LogP contribution in [0.25, 0.3) is 17.0 Å². The molecule has 3 aromatic carbocycles. The van der Waals surface area contributed by atoms with Crippen LogP contribution in [0.2, 0.25) is 5.02 Å². The van der Waals surface area contributed by atoms with Crippen molar-refractivity contribution in [3.63, 3.8) is 0 Å². The number of carbonyl (C=O) groups is 1. The van der Waals surface area contributed by atoms with Gasteiger partial charge < -0.3 is 4.74 Å². The maximum Gasteiger partial charge on any atom is 0.185 e. The summed E-state index contributed by atoms with van der Waals surface area (Å²) >= 11 is 6.03. The molecule has 0 amide bonds. The smallest absolute Gasteiger partial charge is 0.185 e. The molecule has 4 aromatic rings. The SMILES string of the molecule is Cc1ccc(/C=C/C(=O)c2ccc(Oc3ccnc4cc(Cl)ccc34)cc2)cc1. The van der Waals surface area contributed by atoms with Crippen LogP contribution in [0.4, 0.5) is 0 Å². The molecule has 0 aliphatic carbocycles. The number of halogens is 1. The van der Waals surface area contributed by atoms with Crippen LogP contribution in [0.3, 0.4) is 0 Å². The fourth-order valence-electron chi connectivity index (χ4n) is 2.94. The summed E-state index contributed by atoms with van der Waals surface area (Å²) in [5, 5.41) is 1.50. The van der Waals surface area contributed by atoms with E-state index in [9.17, 15) is 4.79 Å². The first-order chi connectivity index (χ1) is 14.1. The highest BCUT2D eigenvalue weighted by atomic mass is 35.5. The number of aryl methyl sites for hydroxylation is 1. The van der Waals surface area contributed by atoms with E-state index in [1.807, 2.05) is 43.3 Å². The number of pyridine rings is 1. The second-order valence-corrected chi connectivity index (χ2v) is 7.14. The summed E-state index contributed by atoms with van der Waals surface area (Å²) in [5.74, 6) is 1.28. The monoisotopic (exact) mass is 399 g/mol. The van der Waals surface area contributed by atoms with Crippen LogP contribution >= 0.6 is 11.6 Å². The molecule has 0 bridgehead atoms. The van der Waals surface area contributed by atoms with Crippen molar-refractivity contribution in [2.75, 3.05) is 0 Å². The first-order valence-corrected chi connectivity index (χ1v) is 9.57. The van der Waals surface area contributed by atoms with Crippen molar-refractivity contribution >= 4 is 34.4 Å². The Morgan fingerprint density at radius 2 is 1.72 bits per heavy atom. The van der Waals surface area contributed by atoms with E-state index in [0.29, 0.717) is 22.1 Å². The quantitative estimate of drug-likeness (QED) is 0.271. The lowest BCUT2D eigenvalue weighted by Crippen LogP contribution is -1.94. The number of allylic oxidation sites excluding steroid dienone is 1. The maximum atomic E-state index is 12.4. The van der Waals surface area contributed by atoms with Crippen LogP contribution in [-0.2, 0) is 0 Å². The lowest BCUT2D eigenvalue weighted by molar-refractivity contribution is 0.104. The number of aromatic nitrogens is 1. The van der Waals surface area contributed by atoms with Gasteiger partial charge in [-0.1, -0.05) is 47.5 Å². The molecule has 1 heterocycles. The highest BCUT2D eigenvalue weighted by Crippen LogP contribution is 2.30. The van der Waals surface area contributed by atoms with Gasteiger partial charge in [0, 0.05) is 22.2 Å². The average Bonchev–Trinajstić information content (AvgIpc) is 2.73. The molecule has 0 saturated heterocycles. The minimum absolute atomic E-state index is 0.0545. The highest BCUT2D eigenvalue weighted by molar-refractivity contribution is 6.31. The minimum Gasteiger partial charge on any atom is -0.457 e. The van der Waals surface area contributed by atoms with Crippen LogP contribution in [0, 0.1) is 6.92 Å². The molecule has 0 unspecified atom stereocenters. The molecule has 0 saturated carbocycles. The fraction of sp³-hybridized carbons (Fsp3) is 0.0400. The van der Waals surface area contributed by atoms with Gasteiger partial charge in [-0.15, -0.1) is 0 Å². The molecular weight excluding hydrogens is 382 g/mol. The second-order valence-electron chi connectivity index (χ2n) is 6.71. The van der Waals surface area contributed by atoms with E-state index in [2.05, 4.69) is 4.98 Å². The first kappa shape index (κ1) is 18.9. The number of carbonyl (C=O) groups excluding carboxylic acids is 1. The van der Waals surface area contributed by atoms with Gasteiger partial charge in [0.15, 0.2) is 5.78 Å². The topological polar surface area (TPSA) is 39.2 Å². The molecule has 0 radical (unpaired) electrons. The fourth-order valence-corrected chi connectivity index (χ4v) is 3.11. The number of nitrogens with zero attached hydrogens (tertiary/aromatic N) is 1. The van der Waals surface area contributed by atoms with Crippen molar-refractivity contribution in [1.82, 2.24) is 4.98 Å². The summed E-state index contributed by atoms with van der Waals surface area (Å²) in [6.45, 7) is 2.03. The van der Waals surface area contributed by atoms with Gasteiger partial charge in [-0.05, 0) is 67.1 Å². The molecule has 142 valence electrons. The summed E-state index contributed by atoms with van der Waals surface area (Å²) in [4.78, 5) is 16.7. The molecule has 0 aliphatic heterocycles. The lowest BCUT2D eigenvalue weighted by atomic mass is 10.1. The number of hydrogen-bond donors (Lipinski definition) is 0. The number of ketones is 1. The molecule has 0 aliphatic rings. The average molecular weight is 400 g/mol. The van der Waals surface area contributed by atoms with Crippen molar-refractivity contribution in [3.8, 4) is 11.5 Å². The van der Waals surface area contributed by atoms with Crippen molar-refractivity contribution < 1.29 is 9.53 Å². The summed E-state index contributed by atoms with van der Waals surface area (Å²) in [5.41, 5.74) is 3.55. The van der Waals surface area contributed by atoms with Crippen LogP contribution in [-0.4, -0.2) is 10.8 Å². The number of benzene rings is 3. The van der Waals surface area contributed by atoms with Crippen molar-refractivity contribution in [3.05, 3.63) is 107 Å². The number of rotatable bonds is 5. The molecule has 4 rings (SSSR count). The third-order valence-electron chi connectivity index (χ3n) is 4.54. The van der Waals surface area contributed by atoms with Gasteiger partial charge in [0.25, 0.3) is 0 Å². The molecule has 0 atom stereocenters. The standard InChI is InChI=1S/C25H18ClNO2/c1-17-2-4-18(5-3-17)6-13-24(28)19-7-10-21(11-8-19)29-25-14-15-27-23-16-20(26)9-12-22(23)25/h2-16H,1H3/b13-6+. The van der Waals surface area contributed by atoms with E-state index < -0.39 is 0 Å². The Bertz CT molecular complexity index is 1200. The number of hydrogen-bond acceptors (Lipinski definition) is 3. The Hall–Kier alpha value is -3.43. The molecule has 3 nitrogen and oxygen atoms in total. The lowest BCUT2D eigenvalue weighted by Gasteiger charge is -2.09. The van der Waals surface area contributed by atoms with Gasteiger partial charge in [-0.2, -0.15) is 0 Å². The van der Waals surface area contributed by atoms with Crippen LogP contribution in [0.1, 0.15) is 21.5 Å². The zero-order valence-electron chi connectivity index (χ0n) is 15.8. The van der Waals surface area contributed by atoms with Crippen molar-refractivity contribution in [2.24, 2.45) is 0 Å². The third kappa shape index (κ3) is 4.53. The minimum atomic E-state index is -0.0545. The Labute approximate surface area is 174 Å². The predicted molar refractivity (Wildman–Crippen MR) is 118 cm³/mol. The van der Waals surface area contributed by atoms with E-state index in [1.165, 1.54) is 5.56 Å². The van der Waals surface area contributed by atoms with Gasteiger partial charge in [0.05, 0.1) is 5.52 Å². The molecule has 0 N–H and O–H groups in total. The molecular formula is C25H18ClNO2. The van der Waals surface area contributed by atoms with Gasteiger partial charge in [0.2, 0.25) is 0 Å². The van der Waals surface area contributed by atoms with E-state index in [-0.39, 0.29) is 5.78 Å². The van der Waals surface area contributed by atoms with Crippen LogP contribution < -0.4 is 4.74 Å². The normalized spacial score (nSPS) is 11.1. The van der Waals surface area contributed by atoms with E-state index in [4.69, 9.17) is 16.3 Å². The van der Waals surface area contributed by atoms with Gasteiger partial charge in [0.1, 0.15) is 11.5 Å². The largest absolute Gasteiger partial charge is 0.457 e. The summed E-state index contributed by atoms with van der Waals surface area (Å²) in [7, 11) is 0. The Balaban J connectivity index is 1.49. The molecule has 0 spiro atoms. The Morgan fingerprint density at radius 1 is 0.966 bits per heavy atom. The summed E-state index contributed by atoms with van der Waals surface area (Å²) in [6, 6.07) is 22.4. The number of fused-ring (bicyclic) bond motifs is 1. The Morgan fingerprint density at radius 3 is 2.48 bits per heavy atom. The highest BCUT2D eigenvalue weighted by Gasteiger charge is 2.07. The first-order valence-electron chi connectivity index (χ1n) is 9.20. The van der Waals surface area contributed by atoms with Gasteiger partial charge in [-0.3, -0.25) is 9.78 Å². The zero-order valence-corrected chi connectivity index (χ0v) is 16.6. The predicted octanol–water partition coefficient (Wildman–Crippen LogP) is 6.89. The van der Waals surface area contributed by atoms with Gasteiger partial charge >= 0.3 is 0 Å². The zero-order chi connectivity index (χ0) is 20.2. The van der Waals surface area contributed by atoms with Crippen molar-refractivity contribution in [2.45, 2.75) is 6.92 Å². The molecule has 0 fully saturated rings. The van der Waals surface area contributed by atoms with Crippen LogP contribution in [0.15, 0.2) is 85.1 Å². The van der Waals surface area contributed by atoms with E-state index in [0.717, 1.165) is 16.5 Å². The summed E-state index contributed by atoms with van der Waals surface area (Å²) in [6.07, 6.45) is 5.09. The molecule has 1 aromatic heterocycles. The Kier molecular flexibility index (Phi) is 5.41. The van der Waals surface area contributed by atoms with Crippen molar-refractivity contribution in [1.29, 1.82) is 0 Å². The molecule has 4 heteroatoms. The second kappa shape index (κ2) is 8.29. The number of ether oxygens (including phenoxy) is 1. The van der Waals surface area contributed by atoms with Crippen LogP contribution in [0.5, 0.6) is 11.5 Å². The third-order valence-corrected chi connectivity index (χ3v) is 4.77. The maximum absolute atomic E-state index is 12.4. The van der Waals surface area contributed by atoms with Gasteiger partial charge in [-0.25, -0.2) is 0 Å².